The zero-order chi connectivity index (χ0) is 19.9. The molecule has 0 aromatic heterocycles. The van der Waals surface area contributed by atoms with Gasteiger partial charge in [-0.1, -0.05) is 49.1 Å². The van der Waals surface area contributed by atoms with Crippen LogP contribution in [0.3, 0.4) is 0 Å². The number of aryl methyl sites for hydroxylation is 1. The van der Waals surface area contributed by atoms with Gasteiger partial charge in [0.1, 0.15) is 0 Å². The van der Waals surface area contributed by atoms with Crippen molar-refractivity contribution in [1.29, 1.82) is 0 Å². The van der Waals surface area contributed by atoms with Crippen LogP contribution in [0.25, 0.3) is 6.08 Å². The molecular weight excluding hydrogens is 344 g/mol. The van der Waals surface area contributed by atoms with E-state index >= 15 is 0 Å². The van der Waals surface area contributed by atoms with Crippen molar-refractivity contribution in [2.75, 3.05) is 33.2 Å². The molecule has 2 aromatic rings. The maximum absolute atomic E-state index is 12.7. The van der Waals surface area contributed by atoms with Gasteiger partial charge < -0.3 is 9.80 Å². The third-order valence-electron chi connectivity index (χ3n) is 5.83. The molecule has 1 amide bonds. The molecule has 148 valence electrons. The molecule has 2 aromatic carbocycles. The van der Waals surface area contributed by atoms with E-state index in [1.807, 2.05) is 36.2 Å². The molecule has 1 aliphatic rings. The third-order valence-corrected chi connectivity index (χ3v) is 5.83. The van der Waals surface area contributed by atoms with Crippen LogP contribution in [0.2, 0.25) is 0 Å². The average molecular weight is 377 g/mol. The highest BCUT2D eigenvalue weighted by Crippen LogP contribution is 2.19. The van der Waals surface area contributed by atoms with Crippen molar-refractivity contribution < 1.29 is 4.79 Å². The van der Waals surface area contributed by atoms with Crippen LogP contribution in [0.5, 0.6) is 0 Å². The van der Waals surface area contributed by atoms with Gasteiger partial charge in [-0.3, -0.25) is 4.79 Å². The fourth-order valence-electron chi connectivity index (χ4n) is 4.12. The fraction of sp³-hybridized carbons (Fsp3) is 0.400. The summed E-state index contributed by atoms with van der Waals surface area (Å²) in [6.07, 6.45) is 5.32. The predicted molar refractivity (Wildman–Crippen MR) is 118 cm³/mol. The lowest BCUT2D eigenvalue weighted by molar-refractivity contribution is 0.0730. The monoisotopic (exact) mass is 376 g/mol. The van der Waals surface area contributed by atoms with Gasteiger partial charge in [-0.05, 0) is 67.5 Å². The van der Waals surface area contributed by atoms with Crippen molar-refractivity contribution in [3.05, 3.63) is 77.4 Å². The highest BCUT2D eigenvalue weighted by atomic mass is 16.2. The Balaban J connectivity index is 1.51. The molecule has 0 unspecified atom stereocenters. The van der Waals surface area contributed by atoms with E-state index in [0.29, 0.717) is 5.92 Å². The topological polar surface area (TPSA) is 23.6 Å². The molecule has 1 aliphatic heterocycles. The summed E-state index contributed by atoms with van der Waals surface area (Å²) in [5.41, 5.74) is 4.61. The Bertz CT molecular complexity index is 796. The van der Waals surface area contributed by atoms with Gasteiger partial charge in [0, 0.05) is 32.2 Å². The average Bonchev–Trinajstić information content (AvgIpc) is 2.73. The van der Waals surface area contributed by atoms with Gasteiger partial charge in [-0.2, -0.15) is 0 Å². The Labute approximate surface area is 169 Å². The minimum absolute atomic E-state index is 0.104. The molecular formula is C25H32N2O. The van der Waals surface area contributed by atoms with Crippen molar-refractivity contribution in [3.8, 4) is 0 Å². The van der Waals surface area contributed by atoms with Gasteiger partial charge in [0.2, 0.25) is 0 Å². The van der Waals surface area contributed by atoms with Crippen molar-refractivity contribution in [3.63, 3.8) is 0 Å². The summed E-state index contributed by atoms with van der Waals surface area (Å²) in [7, 11) is 1.93. The van der Waals surface area contributed by atoms with Crippen molar-refractivity contribution >= 4 is 12.0 Å². The highest BCUT2D eigenvalue weighted by Gasteiger charge is 2.23. The molecule has 3 rings (SSSR count). The lowest BCUT2D eigenvalue weighted by atomic mass is 9.96. The Kier molecular flexibility index (Phi) is 7.05. The standard InChI is InChI=1S/C25H32N2O/c1-4-21-11-13-24(14-12-21)25(28)26(3)18-22-9-7-16-27(19-22)17-15-23-10-6-5-8-20(23)2/h4-6,8,10-14,22H,1,7,9,15-19H2,2-3H3/t22-/m0/s1. The number of benzene rings is 2. The van der Waals surface area contributed by atoms with E-state index in [1.54, 1.807) is 6.08 Å². The molecule has 3 nitrogen and oxygen atoms in total. The Morgan fingerprint density at radius 2 is 1.96 bits per heavy atom. The van der Waals surface area contributed by atoms with Crippen LogP contribution in [0.1, 0.15) is 39.9 Å². The first-order chi connectivity index (χ1) is 13.6. The highest BCUT2D eigenvalue weighted by molar-refractivity contribution is 5.94. The molecule has 1 saturated heterocycles. The first-order valence-corrected chi connectivity index (χ1v) is 10.3. The van der Waals surface area contributed by atoms with E-state index in [0.717, 1.165) is 37.2 Å². The van der Waals surface area contributed by atoms with Gasteiger partial charge in [-0.15, -0.1) is 0 Å². The maximum Gasteiger partial charge on any atom is 0.253 e. The molecule has 0 radical (unpaired) electrons. The van der Waals surface area contributed by atoms with Gasteiger partial charge >= 0.3 is 0 Å². The summed E-state index contributed by atoms with van der Waals surface area (Å²) in [5, 5.41) is 0. The van der Waals surface area contributed by atoms with Crippen molar-refractivity contribution in [2.45, 2.75) is 26.2 Å². The van der Waals surface area contributed by atoms with Crippen LogP contribution in [0.15, 0.2) is 55.1 Å². The number of carbonyl (C=O) groups excluding carboxylic acids is 1. The molecule has 3 heteroatoms. The zero-order valence-electron chi connectivity index (χ0n) is 17.2. The number of piperidine rings is 1. The van der Waals surface area contributed by atoms with Gasteiger partial charge in [0.25, 0.3) is 5.91 Å². The van der Waals surface area contributed by atoms with Crippen molar-refractivity contribution in [2.24, 2.45) is 5.92 Å². The van der Waals surface area contributed by atoms with E-state index in [-0.39, 0.29) is 5.91 Å². The molecule has 0 N–H and O–H groups in total. The minimum atomic E-state index is 0.104. The maximum atomic E-state index is 12.7. The summed E-state index contributed by atoms with van der Waals surface area (Å²) in [4.78, 5) is 17.2. The number of carbonyl (C=O) groups is 1. The fourth-order valence-corrected chi connectivity index (χ4v) is 4.12. The lowest BCUT2D eigenvalue weighted by Crippen LogP contribution is -2.42. The molecule has 28 heavy (non-hydrogen) atoms. The second kappa shape index (κ2) is 9.70. The minimum Gasteiger partial charge on any atom is -0.341 e. The predicted octanol–water partition coefficient (Wildman–Crippen LogP) is 4.66. The number of likely N-dealkylation sites (tertiary alicyclic amines) is 1. The van der Waals surface area contributed by atoms with E-state index in [2.05, 4.69) is 42.7 Å². The Hall–Kier alpha value is -2.39. The molecule has 1 heterocycles. The lowest BCUT2D eigenvalue weighted by Gasteiger charge is -2.35. The summed E-state index contributed by atoms with van der Waals surface area (Å²) in [5.74, 6) is 0.652. The van der Waals surface area contributed by atoms with Crippen molar-refractivity contribution in [1.82, 2.24) is 9.80 Å². The van der Waals surface area contributed by atoms with Crippen LogP contribution in [0, 0.1) is 12.8 Å². The smallest absolute Gasteiger partial charge is 0.253 e. The van der Waals surface area contributed by atoms with Gasteiger partial charge in [0.15, 0.2) is 0 Å². The van der Waals surface area contributed by atoms with Gasteiger partial charge in [0.05, 0.1) is 0 Å². The zero-order valence-corrected chi connectivity index (χ0v) is 17.2. The largest absolute Gasteiger partial charge is 0.341 e. The normalized spacial score (nSPS) is 17.3. The molecule has 0 spiro atoms. The van der Waals surface area contributed by atoms with Crippen LogP contribution >= 0.6 is 0 Å². The summed E-state index contributed by atoms with van der Waals surface area (Å²) in [6.45, 7) is 10.1. The number of nitrogens with zero attached hydrogens (tertiary/aromatic N) is 2. The molecule has 0 aliphatic carbocycles. The summed E-state index contributed by atoms with van der Waals surface area (Å²) < 4.78 is 0. The number of rotatable bonds is 7. The van der Waals surface area contributed by atoms with Gasteiger partial charge in [-0.25, -0.2) is 0 Å². The molecule has 1 atom stereocenters. The second-order valence-electron chi connectivity index (χ2n) is 8.00. The Morgan fingerprint density at radius 3 is 2.68 bits per heavy atom. The first kappa shape index (κ1) is 20.3. The molecule has 1 fully saturated rings. The van der Waals surface area contributed by atoms with E-state index in [4.69, 9.17) is 0 Å². The molecule has 0 saturated carbocycles. The summed E-state index contributed by atoms with van der Waals surface area (Å²) in [6, 6.07) is 16.3. The quantitative estimate of drug-likeness (QED) is 0.701. The Morgan fingerprint density at radius 1 is 1.21 bits per heavy atom. The van der Waals surface area contributed by atoms with E-state index < -0.39 is 0 Å². The first-order valence-electron chi connectivity index (χ1n) is 10.3. The molecule has 0 bridgehead atoms. The third kappa shape index (κ3) is 5.32. The number of amides is 1. The van der Waals surface area contributed by atoms with Crippen LogP contribution < -0.4 is 0 Å². The van der Waals surface area contributed by atoms with Crippen LogP contribution in [-0.4, -0.2) is 48.9 Å². The van der Waals surface area contributed by atoms with Crippen LogP contribution in [0.4, 0.5) is 0 Å². The number of hydrogen-bond acceptors (Lipinski definition) is 2. The van der Waals surface area contributed by atoms with E-state index in [1.165, 1.54) is 30.5 Å². The SMILES string of the molecule is C=Cc1ccc(C(=O)N(C)C[C@@H]2CCCN(CCc3ccccc3C)C2)cc1. The summed E-state index contributed by atoms with van der Waals surface area (Å²) >= 11 is 0. The number of hydrogen-bond donors (Lipinski definition) is 0. The van der Waals surface area contributed by atoms with E-state index in [9.17, 15) is 4.79 Å². The second-order valence-corrected chi connectivity index (χ2v) is 8.00. The van der Waals surface area contributed by atoms with Crippen LogP contribution in [-0.2, 0) is 6.42 Å².